The van der Waals surface area contributed by atoms with Crippen molar-refractivity contribution >= 4 is 5.78 Å². The van der Waals surface area contributed by atoms with E-state index in [1.807, 2.05) is 54.6 Å². The summed E-state index contributed by atoms with van der Waals surface area (Å²) in [6, 6.07) is 16.9. The first-order valence-corrected chi connectivity index (χ1v) is 6.18. The second-order valence-electron chi connectivity index (χ2n) is 4.48. The van der Waals surface area contributed by atoms with E-state index in [2.05, 4.69) is 0 Å². The van der Waals surface area contributed by atoms with Crippen LogP contribution in [0.2, 0.25) is 0 Å². The molecule has 3 heteroatoms. The van der Waals surface area contributed by atoms with Crippen LogP contribution < -0.4 is 4.74 Å². The summed E-state index contributed by atoms with van der Waals surface area (Å²) in [5, 5.41) is 0. The van der Waals surface area contributed by atoms with E-state index >= 15 is 0 Å². The molecule has 1 heterocycles. The van der Waals surface area contributed by atoms with E-state index in [1.54, 1.807) is 7.11 Å². The summed E-state index contributed by atoms with van der Waals surface area (Å²) < 4.78 is 10.6. The second-order valence-corrected chi connectivity index (χ2v) is 4.48. The molecule has 3 rings (SSSR count). The highest BCUT2D eigenvalue weighted by atomic mass is 16.6. The number of ether oxygens (including phenoxy) is 2. The van der Waals surface area contributed by atoms with Crippen LogP contribution in [0.15, 0.2) is 54.6 Å². The number of Topliss-reactive ketones (excluding diaryl/α,β-unsaturated/α-hetero) is 1. The minimum absolute atomic E-state index is 0.0430. The molecule has 1 fully saturated rings. The standard InChI is InChI=1S/C16H14O3/c1-18-13-9-7-12(8-10-13)15-16(19-15)14(17)11-5-3-2-4-6-11/h2-10,15-16H,1H3/t15-,16-/m1/s1. The van der Waals surface area contributed by atoms with Crippen LogP contribution in [0.3, 0.4) is 0 Å². The molecule has 1 aliphatic heterocycles. The molecule has 0 aromatic heterocycles. The van der Waals surface area contributed by atoms with Crippen LogP contribution in [0.4, 0.5) is 0 Å². The molecule has 1 aliphatic rings. The Hall–Kier alpha value is -2.13. The summed E-state index contributed by atoms with van der Waals surface area (Å²) >= 11 is 0. The molecule has 0 amide bonds. The Bertz CT molecular complexity index is 575. The van der Waals surface area contributed by atoms with Crippen molar-refractivity contribution in [2.75, 3.05) is 7.11 Å². The summed E-state index contributed by atoms with van der Waals surface area (Å²) in [4.78, 5) is 12.2. The van der Waals surface area contributed by atoms with E-state index in [0.717, 1.165) is 11.3 Å². The van der Waals surface area contributed by atoms with Gasteiger partial charge in [0.15, 0.2) is 11.9 Å². The molecule has 0 aliphatic carbocycles. The third-order valence-corrected chi connectivity index (χ3v) is 3.25. The Kier molecular flexibility index (Phi) is 3.05. The third-order valence-electron chi connectivity index (χ3n) is 3.25. The summed E-state index contributed by atoms with van der Waals surface area (Å²) in [5.74, 6) is 0.844. The topological polar surface area (TPSA) is 38.8 Å². The fraction of sp³-hybridized carbons (Fsp3) is 0.188. The fourth-order valence-electron chi connectivity index (χ4n) is 2.13. The summed E-state index contributed by atoms with van der Waals surface area (Å²) in [7, 11) is 1.63. The first-order chi connectivity index (χ1) is 9.29. The zero-order valence-electron chi connectivity index (χ0n) is 10.6. The number of epoxide rings is 1. The lowest BCUT2D eigenvalue weighted by Crippen LogP contribution is -2.07. The van der Waals surface area contributed by atoms with Crippen LogP contribution >= 0.6 is 0 Å². The molecule has 0 unspecified atom stereocenters. The first-order valence-electron chi connectivity index (χ1n) is 6.18. The average Bonchev–Trinajstić information content (AvgIpc) is 3.28. The predicted molar refractivity (Wildman–Crippen MR) is 71.4 cm³/mol. The number of benzene rings is 2. The monoisotopic (exact) mass is 254 g/mol. The smallest absolute Gasteiger partial charge is 0.194 e. The normalized spacial score (nSPS) is 20.9. The predicted octanol–water partition coefficient (Wildman–Crippen LogP) is 3.02. The average molecular weight is 254 g/mol. The van der Waals surface area contributed by atoms with E-state index in [-0.39, 0.29) is 18.0 Å². The number of hydrogen-bond donors (Lipinski definition) is 0. The molecule has 0 radical (unpaired) electrons. The van der Waals surface area contributed by atoms with Gasteiger partial charge in [-0.15, -0.1) is 0 Å². The summed E-state index contributed by atoms with van der Waals surface area (Å²) in [6.07, 6.45) is -0.477. The van der Waals surface area contributed by atoms with Crippen LogP contribution in [0.5, 0.6) is 5.75 Å². The van der Waals surface area contributed by atoms with Crippen molar-refractivity contribution < 1.29 is 14.3 Å². The van der Waals surface area contributed by atoms with Crippen LogP contribution in [0.1, 0.15) is 22.0 Å². The Morgan fingerprint density at radius 3 is 2.37 bits per heavy atom. The molecular weight excluding hydrogens is 240 g/mol. The maximum Gasteiger partial charge on any atom is 0.194 e. The second kappa shape index (κ2) is 4.86. The zero-order chi connectivity index (χ0) is 13.2. The molecule has 2 atom stereocenters. The Morgan fingerprint density at radius 1 is 1.05 bits per heavy atom. The van der Waals surface area contributed by atoms with E-state index < -0.39 is 0 Å². The minimum Gasteiger partial charge on any atom is -0.497 e. The Morgan fingerprint density at radius 2 is 1.74 bits per heavy atom. The van der Waals surface area contributed by atoms with Crippen molar-refractivity contribution in [2.24, 2.45) is 0 Å². The summed E-state index contributed by atoms with van der Waals surface area (Å²) in [6.45, 7) is 0. The molecule has 0 bridgehead atoms. The van der Waals surface area contributed by atoms with Gasteiger partial charge in [-0.2, -0.15) is 0 Å². The van der Waals surface area contributed by atoms with Crippen molar-refractivity contribution in [3.63, 3.8) is 0 Å². The summed E-state index contributed by atoms with van der Waals surface area (Å²) in [5.41, 5.74) is 1.71. The van der Waals surface area contributed by atoms with Crippen molar-refractivity contribution in [3.8, 4) is 5.75 Å². The maximum atomic E-state index is 12.2. The van der Waals surface area contributed by atoms with Gasteiger partial charge in [0.05, 0.1) is 7.11 Å². The SMILES string of the molecule is COc1ccc([C@H]2O[C@@H]2C(=O)c2ccccc2)cc1. The number of carbonyl (C=O) groups excluding carboxylic acids is 1. The number of ketones is 1. The lowest BCUT2D eigenvalue weighted by atomic mass is 10.0. The number of hydrogen-bond acceptors (Lipinski definition) is 3. The van der Waals surface area contributed by atoms with Gasteiger partial charge in [0, 0.05) is 5.56 Å². The van der Waals surface area contributed by atoms with Gasteiger partial charge in [0.2, 0.25) is 0 Å². The third kappa shape index (κ3) is 2.37. The molecule has 96 valence electrons. The molecule has 19 heavy (non-hydrogen) atoms. The van der Waals surface area contributed by atoms with Crippen molar-refractivity contribution in [1.29, 1.82) is 0 Å². The van der Waals surface area contributed by atoms with E-state index in [1.165, 1.54) is 0 Å². The fourth-order valence-corrected chi connectivity index (χ4v) is 2.13. The lowest BCUT2D eigenvalue weighted by molar-refractivity contribution is 0.0953. The highest BCUT2D eigenvalue weighted by Gasteiger charge is 2.46. The van der Waals surface area contributed by atoms with E-state index in [4.69, 9.17) is 9.47 Å². The highest BCUT2D eigenvalue weighted by molar-refractivity contribution is 6.01. The lowest BCUT2D eigenvalue weighted by Gasteiger charge is -2.00. The van der Waals surface area contributed by atoms with Gasteiger partial charge in [-0.25, -0.2) is 0 Å². The Balaban J connectivity index is 1.72. The Labute approximate surface area is 111 Å². The van der Waals surface area contributed by atoms with Crippen LogP contribution in [0.25, 0.3) is 0 Å². The van der Waals surface area contributed by atoms with Crippen LogP contribution in [-0.4, -0.2) is 19.0 Å². The van der Waals surface area contributed by atoms with Crippen molar-refractivity contribution in [1.82, 2.24) is 0 Å². The van der Waals surface area contributed by atoms with Gasteiger partial charge in [-0.3, -0.25) is 4.79 Å². The molecule has 0 saturated carbocycles. The van der Waals surface area contributed by atoms with Gasteiger partial charge in [-0.1, -0.05) is 42.5 Å². The molecule has 3 nitrogen and oxygen atoms in total. The molecule has 0 spiro atoms. The van der Waals surface area contributed by atoms with Crippen molar-refractivity contribution in [3.05, 3.63) is 65.7 Å². The highest BCUT2D eigenvalue weighted by Crippen LogP contribution is 2.40. The van der Waals surface area contributed by atoms with Crippen molar-refractivity contribution in [2.45, 2.75) is 12.2 Å². The van der Waals surface area contributed by atoms with Crippen LogP contribution in [-0.2, 0) is 4.74 Å². The molecule has 2 aromatic carbocycles. The quantitative estimate of drug-likeness (QED) is 0.622. The van der Waals surface area contributed by atoms with Gasteiger partial charge in [0.1, 0.15) is 11.9 Å². The largest absolute Gasteiger partial charge is 0.497 e. The molecular formula is C16H14O3. The molecule has 0 N–H and O–H groups in total. The van der Waals surface area contributed by atoms with Gasteiger partial charge in [-0.05, 0) is 17.7 Å². The first kappa shape index (κ1) is 11.9. The van der Waals surface area contributed by atoms with Gasteiger partial charge < -0.3 is 9.47 Å². The molecule has 2 aromatic rings. The van der Waals surface area contributed by atoms with Crippen LogP contribution in [0, 0.1) is 0 Å². The zero-order valence-corrected chi connectivity index (χ0v) is 10.6. The van der Waals surface area contributed by atoms with E-state index in [0.29, 0.717) is 5.56 Å². The maximum absolute atomic E-state index is 12.2. The number of methoxy groups -OCH3 is 1. The number of carbonyl (C=O) groups is 1. The molecule has 1 saturated heterocycles. The van der Waals surface area contributed by atoms with Gasteiger partial charge >= 0.3 is 0 Å². The minimum atomic E-state index is -0.351. The van der Waals surface area contributed by atoms with Gasteiger partial charge in [0.25, 0.3) is 0 Å². The number of rotatable bonds is 4. The van der Waals surface area contributed by atoms with E-state index in [9.17, 15) is 4.79 Å².